The fourth-order valence-corrected chi connectivity index (χ4v) is 4.92. The molecule has 1 fully saturated rings. The summed E-state index contributed by atoms with van der Waals surface area (Å²) in [6, 6.07) is 8.03. The molecule has 1 aromatic carbocycles. The molecule has 28 heavy (non-hydrogen) atoms. The van der Waals surface area contributed by atoms with Gasteiger partial charge in [0.2, 0.25) is 5.43 Å². The molecule has 7 heteroatoms. The summed E-state index contributed by atoms with van der Waals surface area (Å²) in [6.07, 6.45) is 2.06. The van der Waals surface area contributed by atoms with E-state index in [1.54, 1.807) is 7.11 Å². The molecule has 0 aliphatic heterocycles. The van der Waals surface area contributed by atoms with Crippen LogP contribution in [-0.2, 0) is 0 Å². The number of H-pyrrole nitrogens is 1. The van der Waals surface area contributed by atoms with E-state index in [0.717, 1.165) is 40.9 Å². The number of rotatable bonds is 3. The Kier molecular flexibility index (Phi) is 3.71. The summed E-state index contributed by atoms with van der Waals surface area (Å²) >= 11 is 1.22. The highest BCUT2D eigenvalue weighted by molar-refractivity contribution is 7.12. The van der Waals surface area contributed by atoms with Crippen molar-refractivity contribution in [1.29, 1.82) is 0 Å². The maximum atomic E-state index is 13.1. The Bertz CT molecular complexity index is 1360. The zero-order valence-electron chi connectivity index (χ0n) is 15.8. The fourth-order valence-electron chi connectivity index (χ4n) is 4.00. The maximum Gasteiger partial charge on any atom is 0.271 e. The van der Waals surface area contributed by atoms with Gasteiger partial charge in [-0.05, 0) is 68.1 Å². The lowest BCUT2D eigenvalue weighted by atomic mass is 10.0. The van der Waals surface area contributed by atoms with Crippen molar-refractivity contribution in [2.75, 3.05) is 7.11 Å². The predicted octanol–water partition coefficient (Wildman–Crippen LogP) is 3.93. The molecule has 5 rings (SSSR count). The van der Waals surface area contributed by atoms with Crippen LogP contribution in [0.2, 0.25) is 0 Å². The summed E-state index contributed by atoms with van der Waals surface area (Å²) in [5, 5.41) is 0.765. The second kappa shape index (κ2) is 6.04. The third kappa shape index (κ3) is 2.43. The van der Waals surface area contributed by atoms with Crippen LogP contribution < -0.4 is 15.7 Å². The average molecular weight is 393 g/mol. The predicted molar refractivity (Wildman–Crippen MR) is 112 cm³/mol. The van der Waals surface area contributed by atoms with E-state index >= 15 is 0 Å². The van der Waals surface area contributed by atoms with E-state index in [2.05, 4.69) is 13.9 Å². The second-order valence-corrected chi connectivity index (χ2v) is 8.12. The molecule has 0 spiro atoms. The van der Waals surface area contributed by atoms with Crippen LogP contribution in [-0.4, -0.2) is 21.0 Å². The van der Waals surface area contributed by atoms with Gasteiger partial charge in [-0.2, -0.15) is 0 Å². The lowest BCUT2D eigenvalue weighted by Gasteiger charge is -2.18. The van der Waals surface area contributed by atoms with Crippen LogP contribution in [0.15, 0.2) is 33.9 Å². The van der Waals surface area contributed by atoms with Gasteiger partial charge in [0.05, 0.1) is 18.0 Å². The van der Waals surface area contributed by atoms with Crippen LogP contribution in [0.1, 0.15) is 30.3 Å². The Morgan fingerprint density at radius 1 is 1.18 bits per heavy atom. The summed E-state index contributed by atoms with van der Waals surface area (Å²) < 4.78 is 10.7. The smallest absolute Gasteiger partial charge is 0.271 e. The van der Waals surface area contributed by atoms with Gasteiger partial charge >= 0.3 is 0 Å². The standard InChI is InChI=1S/C21H19N3O3S/c1-10-8-12(9-11(2)22-10)14-6-7-15-17(19(14)27-3)24(13-4-5-13)21-16(18(15)25)20(26)23-28-21/h6-9,13H,4-5H2,1-3H3,(H,23,26). The third-order valence-electron chi connectivity index (χ3n) is 5.25. The Labute approximate surface area is 164 Å². The van der Waals surface area contributed by atoms with Crippen LogP contribution in [0.3, 0.4) is 0 Å². The highest BCUT2D eigenvalue weighted by atomic mass is 32.1. The Balaban J connectivity index is 1.97. The highest BCUT2D eigenvalue weighted by Gasteiger charge is 2.30. The number of aromatic amines is 1. The van der Waals surface area contributed by atoms with Crippen molar-refractivity contribution in [1.82, 2.24) is 13.9 Å². The van der Waals surface area contributed by atoms with Crippen molar-refractivity contribution >= 4 is 32.7 Å². The van der Waals surface area contributed by atoms with Crippen LogP contribution in [0.25, 0.3) is 32.2 Å². The molecule has 1 aliphatic carbocycles. The highest BCUT2D eigenvalue weighted by Crippen LogP contribution is 2.44. The van der Waals surface area contributed by atoms with E-state index in [9.17, 15) is 9.59 Å². The quantitative estimate of drug-likeness (QED) is 0.572. The van der Waals surface area contributed by atoms with Gasteiger partial charge in [-0.3, -0.25) is 18.9 Å². The Morgan fingerprint density at radius 2 is 1.89 bits per heavy atom. The first-order valence-electron chi connectivity index (χ1n) is 9.21. The van der Waals surface area contributed by atoms with E-state index in [-0.39, 0.29) is 22.4 Å². The number of nitrogens with zero attached hydrogens (tertiary/aromatic N) is 2. The lowest BCUT2D eigenvalue weighted by Crippen LogP contribution is -2.15. The average Bonchev–Trinajstić information content (AvgIpc) is 3.42. The molecular weight excluding hydrogens is 374 g/mol. The van der Waals surface area contributed by atoms with Gasteiger partial charge in [-0.1, -0.05) is 0 Å². The van der Waals surface area contributed by atoms with Gasteiger partial charge in [-0.15, -0.1) is 0 Å². The number of ether oxygens (including phenoxy) is 1. The van der Waals surface area contributed by atoms with Crippen molar-refractivity contribution in [3.63, 3.8) is 0 Å². The number of aryl methyl sites for hydroxylation is 2. The number of nitrogens with one attached hydrogen (secondary N) is 1. The molecule has 3 heterocycles. The van der Waals surface area contributed by atoms with E-state index in [1.165, 1.54) is 11.5 Å². The molecule has 0 unspecified atom stereocenters. The minimum atomic E-state index is -0.315. The molecule has 1 N–H and O–H groups in total. The first kappa shape index (κ1) is 17.2. The Hall–Kier alpha value is -2.93. The zero-order valence-corrected chi connectivity index (χ0v) is 16.6. The summed E-state index contributed by atoms with van der Waals surface area (Å²) in [5.41, 5.74) is 3.98. The fraction of sp³-hybridized carbons (Fsp3) is 0.286. The molecule has 4 aromatic rings. The van der Waals surface area contributed by atoms with Gasteiger partial charge in [-0.25, -0.2) is 0 Å². The number of fused-ring (bicyclic) bond motifs is 2. The van der Waals surface area contributed by atoms with E-state index in [4.69, 9.17) is 4.74 Å². The number of aromatic nitrogens is 3. The molecule has 3 aromatic heterocycles. The number of pyridine rings is 2. The monoisotopic (exact) mass is 393 g/mol. The van der Waals surface area contributed by atoms with Crippen molar-refractivity contribution in [3.8, 4) is 16.9 Å². The van der Waals surface area contributed by atoms with Crippen molar-refractivity contribution < 1.29 is 4.74 Å². The summed E-state index contributed by atoms with van der Waals surface area (Å²) in [6.45, 7) is 3.93. The molecule has 0 saturated heterocycles. The second-order valence-electron chi connectivity index (χ2n) is 7.32. The van der Waals surface area contributed by atoms with Crippen LogP contribution in [0, 0.1) is 13.8 Å². The molecule has 142 valence electrons. The largest absolute Gasteiger partial charge is 0.494 e. The molecular formula is C21H19N3O3S. The molecule has 0 radical (unpaired) electrons. The first-order chi connectivity index (χ1) is 13.5. The number of hydrogen-bond acceptors (Lipinski definition) is 5. The first-order valence-corrected chi connectivity index (χ1v) is 10.0. The van der Waals surface area contributed by atoms with E-state index in [1.807, 2.05) is 38.1 Å². The van der Waals surface area contributed by atoms with Gasteiger partial charge < -0.3 is 9.30 Å². The SMILES string of the molecule is COc1c(-c2cc(C)nc(C)c2)ccc2c(=O)c3c(=O)[nH]sc3n(C3CC3)c12. The number of benzene rings is 1. The molecule has 6 nitrogen and oxygen atoms in total. The molecule has 0 bridgehead atoms. The summed E-state index contributed by atoms with van der Waals surface area (Å²) in [7, 11) is 1.63. The van der Waals surface area contributed by atoms with Crippen LogP contribution in [0.4, 0.5) is 0 Å². The number of hydrogen-bond donors (Lipinski definition) is 1. The lowest BCUT2D eigenvalue weighted by molar-refractivity contribution is 0.419. The molecule has 1 aliphatic rings. The summed E-state index contributed by atoms with van der Waals surface area (Å²) in [5.74, 6) is 0.661. The minimum Gasteiger partial charge on any atom is -0.494 e. The number of methoxy groups -OCH3 is 1. The van der Waals surface area contributed by atoms with Gasteiger partial charge in [0.25, 0.3) is 5.56 Å². The Morgan fingerprint density at radius 3 is 2.54 bits per heavy atom. The van der Waals surface area contributed by atoms with Crippen molar-refractivity contribution in [3.05, 3.63) is 56.2 Å². The van der Waals surface area contributed by atoms with E-state index in [0.29, 0.717) is 16.0 Å². The topological polar surface area (TPSA) is 77.0 Å². The van der Waals surface area contributed by atoms with Crippen LogP contribution in [0.5, 0.6) is 5.75 Å². The van der Waals surface area contributed by atoms with Gasteiger partial charge in [0.1, 0.15) is 10.2 Å². The normalized spacial score (nSPS) is 14.1. The zero-order chi connectivity index (χ0) is 19.6. The van der Waals surface area contributed by atoms with Crippen molar-refractivity contribution in [2.24, 2.45) is 0 Å². The minimum absolute atomic E-state index is 0.240. The maximum absolute atomic E-state index is 13.1. The van der Waals surface area contributed by atoms with E-state index < -0.39 is 0 Å². The van der Waals surface area contributed by atoms with Crippen molar-refractivity contribution in [2.45, 2.75) is 32.7 Å². The third-order valence-corrected chi connectivity index (χ3v) is 6.13. The molecule has 0 amide bonds. The van der Waals surface area contributed by atoms with Crippen LogP contribution >= 0.6 is 11.5 Å². The molecule has 0 atom stereocenters. The molecule has 1 saturated carbocycles. The van der Waals surface area contributed by atoms with Gasteiger partial charge in [0.15, 0.2) is 5.75 Å². The van der Waals surface area contributed by atoms with Gasteiger partial charge in [0, 0.05) is 23.0 Å². The summed E-state index contributed by atoms with van der Waals surface area (Å²) in [4.78, 5) is 30.5.